The molecule has 2 rings (SSSR count). The molecule has 1 atom stereocenters. The molecule has 0 radical (unpaired) electrons. The Kier molecular flexibility index (Phi) is 6.02. The van der Waals surface area contributed by atoms with Crippen LogP contribution in [-0.2, 0) is 9.53 Å². The lowest BCUT2D eigenvalue weighted by atomic mass is 9.78. The molecule has 2 heterocycles. The molecule has 122 valence electrons. The largest absolute Gasteiger partial charge is 0.384 e. The zero-order chi connectivity index (χ0) is 15.3. The maximum absolute atomic E-state index is 13.0. The van der Waals surface area contributed by atoms with Crippen LogP contribution >= 0.6 is 0 Å². The molecule has 2 fully saturated rings. The van der Waals surface area contributed by atoms with Crippen LogP contribution in [0.2, 0.25) is 0 Å². The van der Waals surface area contributed by atoms with Gasteiger partial charge in [0.15, 0.2) is 0 Å². The zero-order valence-corrected chi connectivity index (χ0v) is 13.9. The SMILES string of the molecule is COCC1(C(=O)N(C)CC2CCCN(C)C2)CCNCC1. The molecule has 0 bridgehead atoms. The van der Waals surface area contributed by atoms with Crippen LogP contribution in [0.1, 0.15) is 25.7 Å². The van der Waals surface area contributed by atoms with Crippen molar-refractivity contribution in [2.75, 3.05) is 60.5 Å². The van der Waals surface area contributed by atoms with Gasteiger partial charge in [0, 0.05) is 27.2 Å². The van der Waals surface area contributed by atoms with Crippen LogP contribution in [0.5, 0.6) is 0 Å². The molecule has 0 spiro atoms. The number of likely N-dealkylation sites (tertiary alicyclic amines) is 1. The van der Waals surface area contributed by atoms with E-state index in [4.69, 9.17) is 4.74 Å². The molecule has 2 aliphatic heterocycles. The molecule has 1 amide bonds. The Morgan fingerprint density at radius 3 is 2.76 bits per heavy atom. The van der Waals surface area contributed by atoms with Crippen molar-refractivity contribution >= 4 is 5.91 Å². The average Bonchev–Trinajstić information content (AvgIpc) is 2.47. The van der Waals surface area contributed by atoms with Gasteiger partial charge in [0.1, 0.15) is 0 Å². The van der Waals surface area contributed by atoms with Gasteiger partial charge in [-0.25, -0.2) is 0 Å². The number of nitrogens with one attached hydrogen (secondary N) is 1. The number of rotatable bonds is 5. The van der Waals surface area contributed by atoms with E-state index in [-0.39, 0.29) is 11.3 Å². The fourth-order valence-corrected chi connectivity index (χ4v) is 3.90. The van der Waals surface area contributed by atoms with Crippen LogP contribution < -0.4 is 5.32 Å². The van der Waals surface area contributed by atoms with Gasteiger partial charge in [-0.1, -0.05) is 0 Å². The first-order valence-electron chi connectivity index (χ1n) is 8.21. The first-order valence-corrected chi connectivity index (χ1v) is 8.21. The Morgan fingerprint density at radius 2 is 2.14 bits per heavy atom. The molecule has 0 aromatic heterocycles. The van der Waals surface area contributed by atoms with Crippen molar-refractivity contribution in [1.29, 1.82) is 0 Å². The third-order valence-electron chi connectivity index (χ3n) is 5.04. The number of hydrogen-bond acceptors (Lipinski definition) is 4. The number of methoxy groups -OCH3 is 1. The van der Waals surface area contributed by atoms with E-state index in [1.165, 1.54) is 19.4 Å². The predicted octanol–water partition coefficient (Wildman–Crippen LogP) is 0.803. The Hall–Kier alpha value is -0.650. The molecule has 2 saturated heterocycles. The van der Waals surface area contributed by atoms with Gasteiger partial charge in [-0.15, -0.1) is 0 Å². The van der Waals surface area contributed by atoms with Crippen molar-refractivity contribution in [3.8, 4) is 0 Å². The summed E-state index contributed by atoms with van der Waals surface area (Å²) < 4.78 is 5.38. The summed E-state index contributed by atoms with van der Waals surface area (Å²) in [5.41, 5.74) is -0.310. The van der Waals surface area contributed by atoms with E-state index in [0.29, 0.717) is 12.5 Å². The summed E-state index contributed by atoms with van der Waals surface area (Å²) in [5, 5.41) is 3.35. The van der Waals surface area contributed by atoms with Crippen LogP contribution in [0, 0.1) is 11.3 Å². The average molecular weight is 297 g/mol. The molecule has 0 saturated carbocycles. The van der Waals surface area contributed by atoms with Crippen molar-refractivity contribution in [3.63, 3.8) is 0 Å². The first-order chi connectivity index (χ1) is 10.1. The molecule has 1 unspecified atom stereocenters. The number of hydrogen-bond donors (Lipinski definition) is 1. The fourth-order valence-electron chi connectivity index (χ4n) is 3.90. The fraction of sp³-hybridized carbons (Fsp3) is 0.938. The molecule has 21 heavy (non-hydrogen) atoms. The van der Waals surface area contributed by atoms with E-state index in [1.807, 2.05) is 11.9 Å². The quantitative estimate of drug-likeness (QED) is 0.815. The first kappa shape index (κ1) is 16.7. The third kappa shape index (κ3) is 4.18. The second-order valence-corrected chi connectivity index (χ2v) is 6.92. The molecule has 0 aromatic rings. The van der Waals surface area contributed by atoms with Crippen molar-refractivity contribution in [1.82, 2.24) is 15.1 Å². The summed E-state index contributed by atoms with van der Waals surface area (Å²) >= 11 is 0. The molecular weight excluding hydrogens is 266 g/mol. The van der Waals surface area contributed by atoms with E-state index in [1.54, 1.807) is 7.11 Å². The summed E-state index contributed by atoms with van der Waals surface area (Å²) in [6, 6.07) is 0. The van der Waals surface area contributed by atoms with Crippen LogP contribution in [0.15, 0.2) is 0 Å². The van der Waals surface area contributed by atoms with Gasteiger partial charge in [-0.2, -0.15) is 0 Å². The highest BCUT2D eigenvalue weighted by Crippen LogP contribution is 2.32. The minimum Gasteiger partial charge on any atom is -0.384 e. The predicted molar refractivity (Wildman–Crippen MR) is 84.3 cm³/mol. The minimum absolute atomic E-state index is 0.277. The number of amides is 1. The molecule has 1 N–H and O–H groups in total. The van der Waals surface area contributed by atoms with Gasteiger partial charge >= 0.3 is 0 Å². The van der Waals surface area contributed by atoms with Gasteiger partial charge in [0.2, 0.25) is 5.91 Å². The summed E-state index contributed by atoms with van der Waals surface area (Å²) in [4.78, 5) is 17.3. The third-order valence-corrected chi connectivity index (χ3v) is 5.04. The van der Waals surface area contributed by atoms with Crippen molar-refractivity contribution < 1.29 is 9.53 Å². The summed E-state index contributed by atoms with van der Waals surface area (Å²) in [7, 11) is 5.84. The van der Waals surface area contributed by atoms with Crippen LogP contribution in [0.4, 0.5) is 0 Å². The van der Waals surface area contributed by atoms with Crippen LogP contribution in [0.3, 0.4) is 0 Å². The summed E-state index contributed by atoms with van der Waals surface area (Å²) in [6.45, 7) is 5.54. The minimum atomic E-state index is -0.310. The van der Waals surface area contributed by atoms with Crippen LogP contribution in [0.25, 0.3) is 0 Å². The molecule has 0 aliphatic carbocycles. The Balaban J connectivity index is 1.95. The van der Waals surface area contributed by atoms with Crippen molar-refractivity contribution in [3.05, 3.63) is 0 Å². The number of nitrogens with zero attached hydrogens (tertiary/aromatic N) is 2. The van der Waals surface area contributed by atoms with Gasteiger partial charge in [0.25, 0.3) is 0 Å². The maximum atomic E-state index is 13.0. The summed E-state index contributed by atoms with van der Waals surface area (Å²) in [6.07, 6.45) is 4.25. The smallest absolute Gasteiger partial charge is 0.230 e. The van der Waals surface area contributed by atoms with Crippen molar-refractivity contribution in [2.45, 2.75) is 25.7 Å². The standard InChI is InChI=1S/C16H31N3O2/c1-18-10-4-5-14(11-18)12-19(2)15(20)16(13-21-3)6-8-17-9-7-16/h14,17H,4-13H2,1-3H3. The lowest BCUT2D eigenvalue weighted by molar-refractivity contribution is -0.147. The van der Waals surface area contributed by atoms with E-state index in [9.17, 15) is 4.79 Å². The molecular formula is C16H31N3O2. The molecule has 5 heteroatoms. The van der Waals surface area contributed by atoms with Gasteiger partial charge in [-0.3, -0.25) is 4.79 Å². The molecule has 0 aromatic carbocycles. The van der Waals surface area contributed by atoms with E-state index < -0.39 is 0 Å². The van der Waals surface area contributed by atoms with Gasteiger partial charge in [0.05, 0.1) is 12.0 Å². The highest BCUT2D eigenvalue weighted by Gasteiger charge is 2.41. The monoisotopic (exact) mass is 297 g/mol. The number of carbonyl (C=O) groups is 1. The van der Waals surface area contributed by atoms with Gasteiger partial charge < -0.3 is 19.9 Å². The molecule has 5 nitrogen and oxygen atoms in total. The highest BCUT2D eigenvalue weighted by atomic mass is 16.5. The van der Waals surface area contributed by atoms with Crippen LogP contribution in [-0.4, -0.2) is 76.2 Å². The Morgan fingerprint density at radius 1 is 1.43 bits per heavy atom. The van der Waals surface area contributed by atoms with E-state index >= 15 is 0 Å². The lowest BCUT2D eigenvalue weighted by Crippen LogP contribution is -2.52. The van der Waals surface area contributed by atoms with E-state index in [2.05, 4.69) is 17.3 Å². The Bertz CT molecular complexity index is 337. The number of carbonyl (C=O) groups excluding carboxylic acids is 1. The zero-order valence-electron chi connectivity index (χ0n) is 13.9. The normalized spacial score (nSPS) is 26.5. The van der Waals surface area contributed by atoms with Gasteiger partial charge in [-0.05, 0) is 58.3 Å². The molecule has 2 aliphatic rings. The Labute approximate surface area is 129 Å². The number of ether oxygens (including phenoxy) is 1. The maximum Gasteiger partial charge on any atom is 0.230 e. The second kappa shape index (κ2) is 7.56. The second-order valence-electron chi connectivity index (χ2n) is 6.92. The van der Waals surface area contributed by atoms with E-state index in [0.717, 1.165) is 39.0 Å². The number of piperidine rings is 2. The van der Waals surface area contributed by atoms with Crippen molar-refractivity contribution in [2.24, 2.45) is 11.3 Å². The highest BCUT2D eigenvalue weighted by molar-refractivity contribution is 5.83. The summed E-state index contributed by atoms with van der Waals surface area (Å²) in [5.74, 6) is 0.887. The topological polar surface area (TPSA) is 44.8 Å². The lowest BCUT2D eigenvalue weighted by Gasteiger charge is -2.40.